The first-order valence-electron chi connectivity index (χ1n) is 7.62. The number of rotatable bonds is 8. The molecule has 2 aromatic carbocycles. The quantitative estimate of drug-likeness (QED) is 0.506. The molecule has 7 nitrogen and oxygen atoms in total. The molecule has 0 spiro atoms. The van der Waals surface area contributed by atoms with Crippen molar-refractivity contribution in [3.8, 4) is 5.75 Å². The molecule has 0 saturated heterocycles. The Bertz CT molecular complexity index is 825. The molecule has 0 radical (unpaired) electrons. The lowest BCUT2D eigenvalue weighted by molar-refractivity contribution is -0.304. The number of aromatic hydroxyl groups is 1. The van der Waals surface area contributed by atoms with Crippen molar-refractivity contribution in [2.75, 3.05) is 18.0 Å². The molecule has 134 valence electrons. The second kappa shape index (κ2) is 8.48. The molecule has 0 aromatic heterocycles. The number of hydrogen-bond acceptors (Lipinski definition) is 7. The summed E-state index contributed by atoms with van der Waals surface area (Å²) in [5.74, 6) is -3.31. The molecule has 0 heterocycles. The lowest BCUT2D eigenvalue weighted by Gasteiger charge is -2.25. The van der Waals surface area contributed by atoms with Gasteiger partial charge < -0.3 is 29.8 Å². The average Bonchev–Trinajstić information content (AvgIpc) is 2.59. The van der Waals surface area contributed by atoms with Gasteiger partial charge in [0.15, 0.2) is 5.78 Å². The summed E-state index contributed by atoms with van der Waals surface area (Å²) in [6, 6.07) is 12.4. The Kier molecular flexibility index (Phi) is 6.10. The number of carbonyl (C=O) groups excluding carboxylic acids is 3. The maximum atomic E-state index is 12.1. The lowest BCUT2D eigenvalue weighted by Crippen LogP contribution is -2.44. The minimum absolute atomic E-state index is 0.113. The third-order valence-electron chi connectivity index (χ3n) is 3.49. The number of allylic oxidation sites excluding steroid dienone is 1. The zero-order valence-electron chi connectivity index (χ0n) is 13.6. The number of phenols is 1. The zero-order valence-corrected chi connectivity index (χ0v) is 13.6. The number of phenolic OH excluding ortho intramolecular Hbond substituents is 1. The molecular weight excluding hydrogens is 338 g/mol. The first-order chi connectivity index (χ1) is 12.4. The molecule has 0 bridgehead atoms. The van der Waals surface area contributed by atoms with Crippen molar-refractivity contribution in [2.45, 2.75) is 0 Å². The van der Waals surface area contributed by atoms with Crippen LogP contribution in [-0.4, -0.2) is 35.9 Å². The van der Waals surface area contributed by atoms with E-state index in [1.54, 1.807) is 24.3 Å². The summed E-state index contributed by atoms with van der Waals surface area (Å²) in [4.78, 5) is 34.6. The van der Waals surface area contributed by atoms with E-state index in [2.05, 4.69) is 0 Å². The van der Waals surface area contributed by atoms with E-state index in [9.17, 15) is 29.7 Å². The number of anilines is 1. The van der Waals surface area contributed by atoms with Gasteiger partial charge in [0.2, 0.25) is 0 Å². The Hall–Kier alpha value is -3.61. The van der Waals surface area contributed by atoms with Gasteiger partial charge in [0, 0.05) is 5.69 Å². The van der Waals surface area contributed by atoms with Crippen molar-refractivity contribution >= 4 is 29.5 Å². The first kappa shape index (κ1) is 18.7. The highest BCUT2D eigenvalue weighted by Gasteiger charge is 2.08. The van der Waals surface area contributed by atoms with E-state index in [1.165, 1.54) is 36.4 Å². The normalized spacial score (nSPS) is 10.6. The first-order valence-corrected chi connectivity index (χ1v) is 7.62. The van der Waals surface area contributed by atoms with E-state index < -0.39 is 25.0 Å². The van der Waals surface area contributed by atoms with E-state index in [0.717, 1.165) is 4.90 Å². The van der Waals surface area contributed by atoms with E-state index in [-0.39, 0.29) is 17.1 Å². The molecule has 0 fully saturated rings. The molecule has 7 heteroatoms. The third-order valence-corrected chi connectivity index (χ3v) is 3.49. The van der Waals surface area contributed by atoms with Gasteiger partial charge in [-0.2, -0.15) is 0 Å². The SMILES string of the molecule is O=C([O-])CN(CC(=O)[O-])c1ccc(/C=C/C(=O)c2ccccc2O)cc1. The van der Waals surface area contributed by atoms with Gasteiger partial charge >= 0.3 is 0 Å². The van der Waals surface area contributed by atoms with Crippen molar-refractivity contribution in [1.82, 2.24) is 0 Å². The van der Waals surface area contributed by atoms with Crippen LogP contribution < -0.4 is 15.1 Å². The van der Waals surface area contributed by atoms with Crippen LogP contribution in [0.5, 0.6) is 5.75 Å². The molecule has 26 heavy (non-hydrogen) atoms. The summed E-state index contributed by atoms with van der Waals surface area (Å²) in [7, 11) is 0. The molecule has 0 aliphatic heterocycles. The van der Waals surface area contributed by atoms with E-state index in [0.29, 0.717) is 11.3 Å². The number of ketones is 1. The summed E-state index contributed by atoms with van der Waals surface area (Å²) < 4.78 is 0. The van der Waals surface area contributed by atoms with Crippen molar-refractivity contribution in [2.24, 2.45) is 0 Å². The van der Waals surface area contributed by atoms with Gasteiger partial charge in [0.1, 0.15) is 5.75 Å². The highest BCUT2D eigenvalue weighted by molar-refractivity contribution is 6.08. The fourth-order valence-corrected chi connectivity index (χ4v) is 2.29. The minimum atomic E-state index is -1.41. The van der Waals surface area contributed by atoms with Crippen molar-refractivity contribution in [3.63, 3.8) is 0 Å². The molecular formula is C19H15NO6-2. The van der Waals surface area contributed by atoms with Gasteiger partial charge in [0.25, 0.3) is 0 Å². The van der Waals surface area contributed by atoms with Crippen LogP contribution in [0.15, 0.2) is 54.6 Å². The lowest BCUT2D eigenvalue weighted by atomic mass is 10.1. The van der Waals surface area contributed by atoms with Crippen molar-refractivity contribution in [1.29, 1.82) is 0 Å². The number of hydrogen-bond donors (Lipinski definition) is 1. The fourth-order valence-electron chi connectivity index (χ4n) is 2.29. The molecule has 0 aliphatic rings. The number of benzene rings is 2. The Morgan fingerprint density at radius 3 is 2.04 bits per heavy atom. The number of carboxylic acids is 2. The van der Waals surface area contributed by atoms with Gasteiger partial charge in [-0.15, -0.1) is 0 Å². The topological polar surface area (TPSA) is 121 Å². The van der Waals surface area contributed by atoms with Crippen LogP contribution in [0.4, 0.5) is 5.69 Å². The number of carboxylic acid groups (broad SMARTS) is 2. The van der Waals surface area contributed by atoms with Crippen LogP contribution in [0.1, 0.15) is 15.9 Å². The van der Waals surface area contributed by atoms with Gasteiger partial charge in [-0.1, -0.05) is 30.3 Å². The molecule has 0 saturated carbocycles. The average molecular weight is 353 g/mol. The molecule has 0 amide bonds. The molecule has 1 N–H and O–H groups in total. The second-order valence-corrected chi connectivity index (χ2v) is 5.41. The highest BCUT2D eigenvalue weighted by atomic mass is 16.4. The van der Waals surface area contributed by atoms with Crippen LogP contribution in [0.2, 0.25) is 0 Å². The van der Waals surface area contributed by atoms with E-state index in [4.69, 9.17) is 0 Å². The van der Waals surface area contributed by atoms with Gasteiger partial charge in [-0.3, -0.25) is 4.79 Å². The van der Waals surface area contributed by atoms with Gasteiger partial charge in [0.05, 0.1) is 30.6 Å². The van der Waals surface area contributed by atoms with Crippen molar-refractivity contribution < 1.29 is 29.7 Å². The summed E-state index contributed by atoms with van der Waals surface area (Å²) in [5.41, 5.74) is 1.18. The summed E-state index contributed by atoms with van der Waals surface area (Å²) in [6.07, 6.45) is 2.82. The monoisotopic (exact) mass is 353 g/mol. The minimum Gasteiger partial charge on any atom is -0.548 e. The number of carbonyl (C=O) groups is 3. The predicted molar refractivity (Wildman–Crippen MR) is 90.1 cm³/mol. The van der Waals surface area contributed by atoms with Crippen LogP contribution >= 0.6 is 0 Å². The van der Waals surface area contributed by atoms with Crippen LogP contribution in [0, 0.1) is 0 Å². The summed E-state index contributed by atoms with van der Waals surface area (Å²) >= 11 is 0. The fraction of sp³-hybridized carbons (Fsp3) is 0.105. The Morgan fingerprint density at radius 1 is 0.923 bits per heavy atom. The van der Waals surface area contributed by atoms with Crippen molar-refractivity contribution in [3.05, 3.63) is 65.7 Å². The number of para-hydroxylation sites is 1. The Labute approximate surface area is 149 Å². The van der Waals surface area contributed by atoms with Crippen LogP contribution in [0.25, 0.3) is 6.08 Å². The molecule has 0 aliphatic carbocycles. The van der Waals surface area contributed by atoms with Crippen LogP contribution in [0.3, 0.4) is 0 Å². The third kappa shape index (κ3) is 5.20. The maximum absolute atomic E-state index is 12.1. The molecule has 2 aromatic rings. The molecule has 2 rings (SSSR count). The van der Waals surface area contributed by atoms with Gasteiger partial charge in [-0.25, -0.2) is 0 Å². The second-order valence-electron chi connectivity index (χ2n) is 5.41. The number of aliphatic carboxylic acids is 2. The highest BCUT2D eigenvalue weighted by Crippen LogP contribution is 2.18. The van der Waals surface area contributed by atoms with Crippen LogP contribution in [-0.2, 0) is 9.59 Å². The summed E-state index contributed by atoms with van der Waals surface area (Å²) in [5, 5.41) is 31.1. The van der Waals surface area contributed by atoms with Gasteiger partial charge in [-0.05, 0) is 35.9 Å². The smallest absolute Gasteiger partial charge is 0.189 e. The van der Waals surface area contributed by atoms with E-state index >= 15 is 0 Å². The standard InChI is InChI=1S/C19H17NO6/c21-16-4-2-1-3-15(16)17(22)10-7-13-5-8-14(9-6-13)20(11-18(23)24)12-19(25)26/h1-10,21H,11-12H2,(H,23,24)(H,25,26)/p-2/b10-7+. The van der Waals surface area contributed by atoms with E-state index in [1.807, 2.05) is 0 Å². The Morgan fingerprint density at radius 2 is 1.50 bits per heavy atom. The maximum Gasteiger partial charge on any atom is 0.189 e. The zero-order chi connectivity index (χ0) is 19.1. The molecule has 0 unspecified atom stereocenters. The predicted octanol–water partition coefficient (Wildman–Crippen LogP) is -0.405. The Balaban J connectivity index is 2.13. The molecule has 0 atom stereocenters. The summed E-state index contributed by atoms with van der Waals surface area (Å²) in [6.45, 7) is -1.18. The largest absolute Gasteiger partial charge is 0.548 e. The number of nitrogens with zero attached hydrogens (tertiary/aromatic N) is 1.